The van der Waals surface area contributed by atoms with Crippen LogP contribution >= 0.6 is 11.6 Å². The van der Waals surface area contributed by atoms with E-state index in [1.165, 1.54) is 6.92 Å². The molecule has 0 aliphatic heterocycles. The first kappa shape index (κ1) is 7.96. The fraction of sp³-hybridized carbons (Fsp3) is 0.667. The topological polar surface area (TPSA) is 0 Å². The van der Waals surface area contributed by atoms with E-state index in [9.17, 15) is 4.39 Å². The molecule has 0 aromatic rings. The summed E-state index contributed by atoms with van der Waals surface area (Å²) >= 11 is 5.46. The van der Waals surface area contributed by atoms with Crippen molar-refractivity contribution in [3.8, 4) is 0 Å². The van der Waals surface area contributed by atoms with Gasteiger partial charge in [-0.2, -0.15) is 0 Å². The maximum absolute atomic E-state index is 12.1. The molecule has 2 heteroatoms. The Hall–Kier alpha value is -0.0400. The minimum Gasteiger partial charge on any atom is -0.211 e. The van der Waals surface area contributed by atoms with Gasteiger partial charge in [-0.1, -0.05) is 25.4 Å². The highest BCUT2D eigenvalue weighted by molar-refractivity contribution is 6.30. The normalized spacial score (nSPS) is 14.2. The molecule has 0 aliphatic rings. The van der Waals surface area contributed by atoms with Crippen LogP contribution in [0.1, 0.15) is 20.8 Å². The van der Waals surface area contributed by atoms with E-state index >= 15 is 0 Å². The first-order valence-corrected chi connectivity index (χ1v) is 2.95. The van der Waals surface area contributed by atoms with Gasteiger partial charge < -0.3 is 0 Å². The molecule has 0 aromatic heterocycles. The summed E-state index contributed by atoms with van der Waals surface area (Å²) < 4.78 is 12.1. The zero-order chi connectivity index (χ0) is 6.73. The molecule has 8 heavy (non-hydrogen) atoms. The first-order valence-electron chi connectivity index (χ1n) is 2.57. The van der Waals surface area contributed by atoms with Gasteiger partial charge in [-0.3, -0.25) is 0 Å². The molecular formula is C6H10ClF. The van der Waals surface area contributed by atoms with Gasteiger partial charge in [-0.25, -0.2) is 4.39 Å². The Morgan fingerprint density at radius 2 is 1.88 bits per heavy atom. The van der Waals surface area contributed by atoms with Crippen LogP contribution in [-0.2, 0) is 0 Å². The Morgan fingerprint density at radius 3 is 1.88 bits per heavy atom. The van der Waals surface area contributed by atoms with E-state index in [1.54, 1.807) is 0 Å². The van der Waals surface area contributed by atoms with E-state index in [-0.39, 0.29) is 11.7 Å². The van der Waals surface area contributed by atoms with Crippen LogP contribution in [0.3, 0.4) is 0 Å². The molecule has 0 amide bonds. The highest BCUT2D eigenvalue weighted by Crippen LogP contribution is 2.18. The molecule has 0 rings (SSSR count). The minimum atomic E-state index is -0.276. The summed E-state index contributed by atoms with van der Waals surface area (Å²) in [6.45, 7) is 5.07. The highest BCUT2D eigenvalue weighted by Gasteiger charge is 2.01. The number of allylic oxidation sites excluding steroid dienone is 2. The molecule has 0 atom stereocenters. The lowest BCUT2D eigenvalue weighted by Gasteiger charge is -2.00. The third-order valence-electron chi connectivity index (χ3n) is 0.836. The molecule has 0 aliphatic carbocycles. The second-order valence-corrected chi connectivity index (χ2v) is 2.44. The van der Waals surface area contributed by atoms with Crippen molar-refractivity contribution in [1.29, 1.82) is 0 Å². The molecule has 0 nitrogen and oxygen atoms in total. The summed E-state index contributed by atoms with van der Waals surface area (Å²) in [4.78, 5) is 0. The molecule has 0 bridgehead atoms. The summed E-state index contributed by atoms with van der Waals surface area (Å²) in [5.41, 5.74) is 0. The van der Waals surface area contributed by atoms with Gasteiger partial charge in [0.1, 0.15) is 5.83 Å². The zero-order valence-corrected chi connectivity index (χ0v) is 6.09. The third kappa shape index (κ3) is 2.31. The SMILES string of the molecule is C/C(F)=C(\Cl)C(C)C. The predicted octanol–water partition coefficient (Wildman–Crippen LogP) is 3.08. The van der Waals surface area contributed by atoms with Crippen LogP contribution in [0.4, 0.5) is 4.39 Å². The maximum atomic E-state index is 12.1. The van der Waals surface area contributed by atoms with Crippen molar-refractivity contribution in [1.82, 2.24) is 0 Å². The van der Waals surface area contributed by atoms with E-state index < -0.39 is 0 Å². The number of hydrogen-bond acceptors (Lipinski definition) is 0. The first-order chi connectivity index (χ1) is 3.55. The molecule has 0 unspecified atom stereocenters. The molecule has 0 saturated heterocycles. The van der Waals surface area contributed by atoms with Gasteiger partial charge in [0.2, 0.25) is 0 Å². The molecule has 0 saturated carbocycles. The summed E-state index contributed by atoms with van der Waals surface area (Å²) in [6, 6.07) is 0. The van der Waals surface area contributed by atoms with Crippen LogP contribution in [0.5, 0.6) is 0 Å². The van der Waals surface area contributed by atoms with Crippen molar-refractivity contribution >= 4 is 11.6 Å². The number of halogens is 2. The van der Waals surface area contributed by atoms with Gasteiger partial charge in [-0.05, 0) is 12.8 Å². The Balaban J connectivity index is 4.00. The van der Waals surface area contributed by atoms with Crippen molar-refractivity contribution in [2.45, 2.75) is 20.8 Å². The molecule has 0 aromatic carbocycles. The van der Waals surface area contributed by atoms with Gasteiger partial charge in [0.15, 0.2) is 0 Å². The van der Waals surface area contributed by atoms with Crippen LogP contribution in [0, 0.1) is 5.92 Å². The van der Waals surface area contributed by atoms with Gasteiger partial charge >= 0.3 is 0 Å². The lowest BCUT2D eigenvalue weighted by Crippen LogP contribution is -1.86. The Bertz CT molecular complexity index is 101. The van der Waals surface area contributed by atoms with Crippen LogP contribution in [-0.4, -0.2) is 0 Å². The monoisotopic (exact) mass is 136 g/mol. The van der Waals surface area contributed by atoms with E-state index in [0.29, 0.717) is 5.03 Å². The second-order valence-electron chi connectivity index (χ2n) is 2.04. The van der Waals surface area contributed by atoms with E-state index in [2.05, 4.69) is 0 Å². The Kier molecular flexibility index (Phi) is 3.06. The average molecular weight is 137 g/mol. The van der Waals surface area contributed by atoms with Crippen molar-refractivity contribution in [2.24, 2.45) is 5.92 Å². The van der Waals surface area contributed by atoms with Crippen molar-refractivity contribution in [3.05, 3.63) is 10.9 Å². The largest absolute Gasteiger partial charge is 0.211 e. The average Bonchev–Trinajstić information content (AvgIpc) is 1.64. The number of rotatable bonds is 1. The quantitative estimate of drug-likeness (QED) is 0.520. The van der Waals surface area contributed by atoms with Crippen LogP contribution < -0.4 is 0 Å². The summed E-state index contributed by atoms with van der Waals surface area (Å²) in [5.74, 6) is -0.164. The molecule has 0 spiro atoms. The summed E-state index contributed by atoms with van der Waals surface area (Å²) in [5, 5.41) is 0.324. The maximum Gasteiger partial charge on any atom is 0.112 e. The molecule has 0 radical (unpaired) electrons. The van der Waals surface area contributed by atoms with Crippen molar-refractivity contribution in [3.63, 3.8) is 0 Å². The summed E-state index contributed by atoms with van der Waals surface area (Å²) in [6.07, 6.45) is 0. The molecular weight excluding hydrogens is 127 g/mol. The fourth-order valence-corrected chi connectivity index (χ4v) is 0.398. The molecule has 0 N–H and O–H groups in total. The molecule has 0 heterocycles. The van der Waals surface area contributed by atoms with Gasteiger partial charge in [0.05, 0.1) is 5.03 Å². The lowest BCUT2D eigenvalue weighted by atomic mass is 10.2. The smallest absolute Gasteiger partial charge is 0.112 e. The standard InChI is InChI=1S/C6H10ClF/c1-4(2)6(7)5(3)8/h4H,1-3H3/b6-5+. The van der Waals surface area contributed by atoms with Crippen molar-refractivity contribution < 1.29 is 4.39 Å². The fourth-order valence-electron chi connectivity index (χ4n) is 0.398. The lowest BCUT2D eigenvalue weighted by molar-refractivity contribution is 0.613. The number of hydrogen-bond donors (Lipinski definition) is 0. The molecule has 48 valence electrons. The van der Waals surface area contributed by atoms with E-state index in [0.717, 1.165) is 0 Å². The van der Waals surface area contributed by atoms with Crippen LogP contribution in [0.2, 0.25) is 0 Å². The van der Waals surface area contributed by atoms with Crippen LogP contribution in [0.25, 0.3) is 0 Å². The van der Waals surface area contributed by atoms with Gasteiger partial charge in [0, 0.05) is 0 Å². The third-order valence-corrected chi connectivity index (χ3v) is 1.53. The van der Waals surface area contributed by atoms with Gasteiger partial charge in [-0.15, -0.1) is 0 Å². The highest BCUT2D eigenvalue weighted by atomic mass is 35.5. The van der Waals surface area contributed by atoms with E-state index in [1.807, 2.05) is 13.8 Å². The molecule has 0 fully saturated rings. The second kappa shape index (κ2) is 3.08. The van der Waals surface area contributed by atoms with Gasteiger partial charge in [0.25, 0.3) is 0 Å². The van der Waals surface area contributed by atoms with E-state index in [4.69, 9.17) is 11.6 Å². The Morgan fingerprint density at radius 1 is 1.50 bits per heavy atom. The zero-order valence-electron chi connectivity index (χ0n) is 5.33. The predicted molar refractivity (Wildman–Crippen MR) is 34.5 cm³/mol. The van der Waals surface area contributed by atoms with Crippen molar-refractivity contribution in [2.75, 3.05) is 0 Å². The minimum absolute atomic E-state index is 0.113. The Labute approximate surface area is 54.3 Å². The summed E-state index contributed by atoms with van der Waals surface area (Å²) in [7, 11) is 0. The van der Waals surface area contributed by atoms with Crippen LogP contribution in [0.15, 0.2) is 10.9 Å².